The fourth-order valence-electron chi connectivity index (χ4n) is 0.925. The van der Waals surface area contributed by atoms with E-state index < -0.39 is 26.0 Å². The van der Waals surface area contributed by atoms with Gasteiger partial charge in [-0.15, -0.1) is 0 Å². The van der Waals surface area contributed by atoms with Crippen molar-refractivity contribution in [2.45, 2.75) is 44.4 Å². The van der Waals surface area contributed by atoms with Crippen LogP contribution in [-0.2, 0) is 14.6 Å². The number of halogens is 1. The number of alkyl halides is 1. The van der Waals surface area contributed by atoms with Crippen molar-refractivity contribution < 1.29 is 13.2 Å². The third-order valence-electron chi connectivity index (χ3n) is 2.65. The Bertz CT molecular complexity index is 360. The highest BCUT2D eigenvalue weighted by molar-refractivity contribution is 9.09. The van der Waals surface area contributed by atoms with Crippen LogP contribution in [0.5, 0.6) is 0 Å². The van der Waals surface area contributed by atoms with Crippen LogP contribution in [0.3, 0.4) is 0 Å². The Hall–Kier alpha value is -0.100. The van der Waals surface area contributed by atoms with Gasteiger partial charge in [0.25, 0.3) is 0 Å². The predicted molar refractivity (Wildman–Crippen MR) is 69.6 cm³/mol. The van der Waals surface area contributed by atoms with Crippen molar-refractivity contribution in [1.82, 2.24) is 5.32 Å². The van der Waals surface area contributed by atoms with Gasteiger partial charge in [0.05, 0.1) is 0 Å². The molecule has 0 aromatic rings. The molecule has 1 amide bonds. The molecule has 0 atom stereocenters. The molecule has 0 rings (SSSR count). The zero-order valence-electron chi connectivity index (χ0n) is 10.4. The lowest BCUT2D eigenvalue weighted by Crippen LogP contribution is -2.54. The van der Waals surface area contributed by atoms with E-state index in [0.29, 0.717) is 0 Å². The smallest absolute Gasteiger partial charge is 0.241 e. The molecule has 0 radical (unpaired) electrons. The summed E-state index contributed by atoms with van der Waals surface area (Å²) in [6.07, 6.45) is 1.81. The van der Waals surface area contributed by atoms with Crippen molar-refractivity contribution >= 4 is 31.7 Å². The molecule has 0 aliphatic rings. The second-order valence-electron chi connectivity index (χ2n) is 5.06. The van der Waals surface area contributed by atoms with Crippen molar-refractivity contribution in [3.8, 4) is 0 Å². The molecular weight excluding hydrogens is 294 g/mol. The van der Waals surface area contributed by atoms with Gasteiger partial charge in [-0.2, -0.15) is 0 Å². The Morgan fingerprint density at radius 3 is 2.00 bits per heavy atom. The standard InChI is InChI=1S/C10H20BrNO3S/c1-9(2,6-7-11)12-8(13)10(3,4)16(5,14)15/h6-7H2,1-5H3,(H,12,13). The van der Waals surface area contributed by atoms with Crippen molar-refractivity contribution in [3.63, 3.8) is 0 Å². The van der Waals surface area contributed by atoms with Crippen molar-refractivity contribution in [3.05, 3.63) is 0 Å². The van der Waals surface area contributed by atoms with Gasteiger partial charge in [-0.1, -0.05) is 15.9 Å². The summed E-state index contributed by atoms with van der Waals surface area (Å²) in [6, 6.07) is 0. The first kappa shape index (κ1) is 15.9. The summed E-state index contributed by atoms with van der Waals surface area (Å²) in [5, 5.41) is 3.51. The second kappa shape index (κ2) is 5.04. The van der Waals surface area contributed by atoms with Crippen molar-refractivity contribution in [2.75, 3.05) is 11.6 Å². The second-order valence-corrected chi connectivity index (χ2v) is 8.42. The Balaban J connectivity index is 4.85. The Kier molecular flexibility index (Phi) is 5.01. The van der Waals surface area contributed by atoms with Gasteiger partial charge in [0.2, 0.25) is 5.91 Å². The number of hydrogen-bond acceptors (Lipinski definition) is 3. The summed E-state index contributed by atoms with van der Waals surface area (Å²) in [7, 11) is -3.41. The van der Waals surface area contributed by atoms with Crippen LogP contribution in [0.1, 0.15) is 34.1 Å². The number of sulfone groups is 1. The third kappa shape index (κ3) is 4.05. The van der Waals surface area contributed by atoms with E-state index in [1.807, 2.05) is 13.8 Å². The Morgan fingerprint density at radius 1 is 1.25 bits per heavy atom. The predicted octanol–water partition coefficient (Wildman–Crippen LogP) is 1.49. The Morgan fingerprint density at radius 2 is 1.69 bits per heavy atom. The number of nitrogens with one attached hydrogen (secondary N) is 1. The highest BCUT2D eigenvalue weighted by atomic mass is 79.9. The van der Waals surface area contributed by atoms with Crippen LogP contribution in [-0.4, -0.2) is 36.2 Å². The van der Waals surface area contributed by atoms with Gasteiger partial charge in [-0.25, -0.2) is 8.42 Å². The molecule has 16 heavy (non-hydrogen) atoms. The summed E-state index contributed by atoms with van der Waals surface area (Å²) in [6.45, 7) is 6.57. The van der Waals surface area contributed by atoms with E-state index in [-0.39, 0.29) is 0 Å². The van der Waals surface area contributed by atoms with Gasteiger partial charge in [0.1, 0.15) is 4.75 Å². The summed E-state index contributed by atoms with van der Waals surface area (Å²) in [5.74, 6) is -0.457. The maximum absolute atomic E-state index is 11.9. The molecule has 0 aliphatic heterocycles. The summed E-state index contributed by atoms with van der Waals surface area (Å²) in [5.41, 5.74) is -0.414. The van der Waals surface area contributed by atoms with Crippen LogP contribution in [0.4, 0.5) is 0 Å². The molecule has 0 fully saturated rings. The largest absolute Gasteiger partial charge is 0.350 e. The summed E-state index contributed by atoms with van der Waals surface area (Å²) < 4.78 is 21.5. The molecule has 6 heteroatoms. The fraction of sp³-hybridized carbons (Fsp3) is 0.900. The average molecular weight is 314 g/mol. The lowest BCUT2D eigenvalue weighted by molar-refractivity contribution is -0.124. The van der Waals surface area contributed by atoms with Crippen molar-refractivity contribution in [1.29, 1.82) is 0 Å². The number of rotatable bonds is 5. The van der Waals surface area contributed by atoms with E-state index in [2.05, 4.69) is 21.2 Å². The van der Waals surface area contributed by atoms with E-state index in [4.69, 9.17) is 0 Å². The van der Waals surface area contributed by atoms with Crippen LogP contribution in [0.15, 0.2) is 0 Å². The van der Waals surface area contributed by atoms with Crippen molar-refractivity contribution in [2.24, 2.45) is 0 Å². The first-order chi connectivity index (χ1) is 6.94. The third-order valence-corrected chi connectivity index (χ3v) is 5.08. The average Bonchev–Trinajstić information content (AvgIpc) is 2.00. The van der Waals surface area contributed by atoms with Gasteiger partial charge in [-0.05, 0) is 34.1 Å². The molecule has 0 bridgehead atoms. The van der Waals surface area contributed by atoms with Gasteiger partial charge in [0, 0.05) is 17.1 Å². The molecule has 96 valence electrons. The zero-order chi connectivity index (χ0) is 13.2. The molecule has 4 nitrogen and oxygen atoms in total. The first-order valence-corrected chi connectivity index (χ1v) is 8.03. The molecular formula is C10H20BrNO3S. The first-order valence-electron chi connectivity index (χ1n) is 5.02. The fourth-order valence-corrected chi connectivity index (χ4v) is 2.30. The molecule has 0 saturated carbocycles. The number of carbonyl (C=O) groups is 1. The van der Waals surface area contributed by atoms with Crippen LogP contribution < -0.4 is 5.32 Å². The molecule has 0 spiro atoms. The van der Waals surface area contributed by atoms with E-state index in [1.54, 1.807) is 0 Å². The van der Waals surface area contributed by atoms with E-state index >= 15 is 0 Å². The minimum atomic E-state index is -3.41. The highest BCUT2D eigenvalue weighted by Crippen LogP contribution is 2.18. The van der Waals surface area contributed by atoms with Gasteiger partial charge < -0.3 is 5.32 Å². The zero-order valence-corrected chi connectivity index (χ0v) is 12.8. The van der Waals surface area contributed by atoms with E-state index in [9.17, 15) is 13.2 Å². The number of amides is 1. The van der Waals surface area contributed by atoms with Crippen LogP contribution in [0.2, 0.25) is 0 Å². The molecule has 0 heterocycles. The molecule has 0 saturated heterocycles. The van der Waals surface area contributed by atoms with Gasteiger partial charge in [0.15, 0.2) is 9.84 Å². The van der Waals surface area contributed by atoms with Gasteiger partial charge >= 0.3 is 0 Å². The minimum absolute atomic E-state index is 0.414. The lowest BCUT2D eigenvalue weighted by atomic mass is 10.0. The lowest BCUT2D eigenvalue weighted by Gasteiger charge is -2.30. The normalized spacial score (nSPS) is 13.6. The minimum Gasteiger partial charge on any atom is -0.350 e. The summed E-state index contributed by atoms with van der Waals surface area (Å²) in [4.78, 5) is 11.9. The topological polar surface area (TPSA) is 63.2 Å². The number of hydrogen-bond donors (Lipinski definition) is 1. The van der Waals surface area contributed by atoms with E-state index in [0.717, 1.165) is 18.0 Å². The van der Waals surface area contributed by atoms with Crippen LogP contribution in [0, 0.1) is 0 Å². The molecule has 0 aliphatic carbocycles. The Labute approximate surface area is 106 Å². The quantitative estimate of drug-likeness (QED) is 0.782. The molecule has 0 aromatic heterocycles. The van der Waals surface area contributed by atoms with E-state index in [1.165, 1.54) is 13.8 Å². The monoisotopic (exact) mass is 313 g/mol. The molecule has 0 aromatic carbocycles. The highest BCUT2D eigenvalue weighted by Gasteiger charge is 2.40. The van der Waals surface area contributed by atoms with Crippen LogP contribution >= 0.6 is 15.9 Å². The summed E-state index contributed by atoms with van der Waals surface area (Å²) >= 11 is 3.30. The maximum Gasteiger partial charge on any atom is 0.241 e. The SMILES string of the molecule is CC(C)(CCBr)NC(=O)C(C)(C)S(C)(=O)=O. The van der Waals surface area contributed by atoms with Gasteiger partial charge in [-0.3, -0.25) is 4.79 Å². The van der Waals surface area contributed by atoms with Crippen LogP contribution in [0.25, 0.3) is 0 Å². The molecule has 1 N–H and O–H groups in total. The number of carbonyl (C=O) groups excluding carboxylic acids is 1. The maximum atomic E-state index is 11.9. The molecule has 0 unspecified atom stereocenters.